The SMILES string of the molecule is CC(CC1COC(c2ccc(C(=O)Nc3ccc([N+](=O)[O-])cc3)cc2)OC1)C(O)(Cn1cncn1)c1ccc(F)cc1F. The number of hydrogen-bond donors (Lipinski definition) is 2. The zero-order chi connectivity index (χ0) is 30.6. The minimum absolute atomic E-state index is 0.0369. The summed E-state index contributed by atoms with van der Waals surface area (Å²) in [6.07, 6.45) is 2.48. The van der Waals surface area contributed by atoms with Crippen molar-refractivity contribution in [3.05, 3.63) is 118 Å². The molecule has 4 aromatic rings. The first-order valence-corrected chi connectivity index (χ1v) is 13.5. The first-order chi connectivity index (χ1) is 20.6. The van der Waals surface area contributed by atoms with Crippen LogP contribution in [0.3, 0.4) is 0 Å². The molecule has 2 unspecified atom stereocenters. The van der Waals surface area contributed by atoms with Crippen molar-refractivity contribution in [2.45, 2.75) is 31.8 Å². The molecule has 5 rings (SSSR count). The molecule has 1 aliphatic heterocycles. The van der Waals surface area contributed by atoms with Gasteiger partial charge in [0.05, 0.1) is 24.7 Å². The number of carbonyl (C=O) groups is 1. The monoisotopic (exact) mass is 593 g/mol. The Hall–Kier alpha value is -4.59. The number of aliphatic hydroxyl groups is 1. The van der Waals surface area contributed by atoms with Crippen molar-refractivity contribution >= 4 is 17.3 Å². The highest BCUT2D eigenvalue weighted by atomic mass is 19.1. The van der Waals surface area contributed by atoms with Crippen LogP contribution in [0.15, 0.2) is 79.4 Å². The van der Waals surface area contributed by atoms with Crippen LogP contribution in [0.4, 0.5) is 20.2 Å². The maximum atomic E-state index is 14.8. The van der Waals surface area contributed by atoms with E-state index in [0.29, 0.717) is 36.4 Å². The summed E-state index contributed by atoms with van der Waals surface area (Å²) in [5, 5.41) is 29.3. The molecule has 1 aromatic heterocycles. The summed E-state index contributed by atoms with van der Waals surface area (Å²) in [5.41, 5.74) is -0.318. The van der Waals surface area contributed by atoms with Gasteiger partial charge in [-0.1, -0.05) is 25.1 Å². The third-order valence-electron chi connectivity index (χ3n) is 7.52. The number of nitro benzene ring substituents is 1. The fraction of sp³-hybridized carbons (Fsp3) is 0.300. The molecule has 224 valence electrons. The molecular formula is C30H29F2N5O6. The molecule has 43 heavy (non-hydrogen) atoms. The number of aromatic nitrogens is 3. The first kappa shape index (κ1) is 29.9. The number of nitro groups is 1. The molecule has 1 aliphatic rings. The van der Waals surface area contributed by atoms with E-state index in [-0.39, 0.29) is 29.6 Å². The maximum Gasteiger partial charge on any atom is 0.269 e. The van der Waals surface area contributed by atoms with Crippen LogP contribution < -0.4 is 5.32 Å². The number of non-ortho nitro benzene ring substituents is 1. The maximum absolute atomic E-state index is 14.8. The normalized spacial score (nSPS) is 18.9. The highest BCUT2D eigenvalue weighted by Gasteiger charge is 2.40. The second-order valence-corrected chi connectivity index (χ2v) is 10.5. The highest BCUT2D eigenvalue weighted by Crippen LogP contribution is 2.38. The lowest BCUT2D eigenvalue weighted by atomic mass is 9.77. The van der Waals surface area contributed by atoms with Gasteiger partial charge in [0.1, 0.15) is 29.9 Å². The number of carbonyl (C=O) groups excluding carboxylic acids is 1. The van der Waals surface area contributed by atoms with Crippen LogP contribution in [0.25, 0.3) is 0 Å². The molecule has 2 N–H and O–H groups in total. The molecule has 13 heteroatoms. The third kappa shape index (κ3) is 6.91. The second-order valence-electron chi connectivity index (χ2n) is 10.5. The van der Waals surface area contributed by atoms with Gasteiger partial charge in [0.15, 0.2) is 6.29 Å². The minimum Gasteiger partial charge on any atom is -0.383 e. The zero-order valence-corrected chi connectivity index (χ0v) is 23.1. The van der Waals surface area contributed by atoms with E-state index < -0.39 is 34.4 Å². The second kappa shape index (κ2) is 12.7. The van der Waals surface area contributed by atoms with Gasteiger partial charge in [-0.3, -0.25) is 14.9 Å². The van der Waals surface area contributed by atoms with Gasteiger partial charge in [-0.25, -0.2) is 18.4 Å². The van der Waals surface area contributed by atoms with Gasteiger partial charge in [-0.05, 0) is 42.7 Å². The lowest BCUT2D eigenvalue weighted by molar-refractivity contribution is -0.384. The number of benzene rings is 3. The molecule has 0 radical (unpaired) electrons. The summed E-state index contributed by atoms with van der Waals surface area (Å²) < 4.78 is 41.8. The van der Waals surface area contributed by atoms with Crippen LogP contribution in [-0.2, 0) is 21.6 Å². The van der Waals surface area contributed by atoms with E-state index in [1.54, 1.807) is 31.2 Å². The molecule has 1 saturated heterocycles. The Balaban J connectivity index is 1.19. The van der Waals surface area contributed by atoms with Crippen LogP contribution in [0.5, 0.6) is 0 Å². The fourth-order valence-electron chi connectivity index (χ4n) is 5.14. The lowest BCUT2D eigenvalue weighted by Gasteiger charge is -2.38. The van der Waals surface area contributed by atoms with Crippen LogP contribution in [0.1, 0.15) is 41.1 Å². The van der Waals surface area contributed by atoms with Gasteiger partial charge < -0.3 is 19.9 Å². The van der Waals surface area contributed by atoms with E-state index >= 15 is 0 Å². The average molecular weight is 594 g/mol. The summed E-state index contributed by atoms with van der Waals surface area (Å²) in [6, 6.07) is 15.3. The number of rotatable bonds is 10. The van der Waals surface area contributed by atoms with Crippen LogP contribution in [0, 0.1) is 33.6 Å². The molecule has 11 nitrogen and oxygen atoms in total. The van der Waals surface area contributed by atoms with E-state index in [1.807, 2.05) is 0 Å². The molecule has 1 amide bonds. The Labute approximate surface area is 245 Å². The summed E-state index contributed by atoms with van der Waals surface area (Å²) in [5.74, 6) is -2.59. The molecule has 0 spiro atoms. The van der Waals surface area contributed by atoms with Gasteiger partial charge in [-0.15, -0.1) is 0 Å². The Morgan fingerprint density at radius 3 is 2.44 bits per heavy atom. The number of hydrogen-bond acceptors (Lipinski definition) is 8. The topological polar surface area (TPSA) is 142 Å². The quantitative estimate of drug-likeness (QED) is 0.193. The van der Waals surface area contributed by atoms with Gasteiger partial charge in [0, 0.05) is 46.5 Å². The van der Waals surface area contributed by atoms with Crippen molar-refractivity contribution in [3.63, 3.8) is 0 Å². The van der Waals surface area contributed by atoms with Gasteiger partial charge in [0.25, 0.3) is 11.6 Å². The predicted molar refractivity (Wildman–Crippen MR) is 150 cm³/mol. The Morgan fingerprint density at radius 2 is 1.84 bits per heavy atom. The minimum atomic E-state index is -1.72. The van der Waals surface area contributed by atoms with Crippen LogP contribution in [0.2, 0.25) is 0 Å². The Morgan fingerprint density at radius 1 is 1.14 bits per heavy atom. The standard InChI is InChI=1S/C30H29F2N5O6/c1-19(30(39,16-36-18-33-17-34-36)26-11-6-23(31)13-27(26)32)12-20-14-42-29(43-15-20)22-4-2-21(3-5-22)28(38)35-24-7-9-25(10-8-24)37(40)41/h2-11,13,17-20,29,39H,12,14-16H2,1H3,(H,35,38). The van der Waals surface area contributed by atoms with Crippen molar-refractivity contribution in [2.75, 3.05) is 18.5 Å². The van der Waals surface area contributed by atoms with Crippen molar-refractivity contribution in [3.8, 4) is 0 Å². The third-order valence-corrected chi connectivity index (χ3v) is 7.52. The molecule has 1 fully saturated rings. The van der Waals surface area contributed by atoms with Crippen molar-refractivity contribution in [1.82, 2.24) is 14.8 Å². The summed E-state index contributed by atoms with van der Waals surface area (Å²) >= 11 is 0. The van der Waals surface area contributed by atoms with Crippen LogP contribution >= 0.6 is 0 Å². The fourth-order valence-corrected chi connectivity index (χ4v) is 5.14. The molecule has 0 aliphatic carbocycles. The molecule has 3 aromatic carbocycles. The predicted octanol–water partition coefficient (Wildman–Crippen LogP) is 4.99. The van der Waals surface area contributed by atoms with Gasteiger partial charge >= 0.3 is 0 Å². The van der Waals surface area contributed by atoms with Crippen LogP contribution in [-0.4, -0.2) is 43.9 Å². The average Bonchev–Trinajstić information content (AvgIpc) is 3.50. The number of amides is 1. The smallest absolute Gasteiger partial charge is 0.269 e. The number of nitrogens with zero attached hydrogens (tertiary/aromatic N) is 4. The first-order valence-electron chi connectivity index (χ1n) is 13.5. The molecule has 2 atom stereocenters. The number of anilines is 1. The van der Waals surface area contributed by atoms with Gasteiger partial charge in [-0.2, -0.15) is 5.10 Å². The summed E-state index contributed by atoms with van der Waals surface area (Å²) in [7, 11) is 0. The van der Waals surface area contributed by atoms with E-state index in [4.69, 9.17) is 9.47 Å². The molecule has 2 heterocycles. The Bertz CT molecular complexity index is 1560. The van der Waals surface area contributed by atoms with Crippen molar-refractivity contribution in [2.24, 2.45) is 11.8 Å². The molecular weight excluding hydrogens is 564 g/mol. The van der Waals surface area contributed by atoms with Gasteiger partial charge in [0.2, 0.25) is 0 Å². The number of halogens is 2. The van der Waals surface area contributed by atoms with E-state index in [0.717, 1.165) is 12.1 Å². The van der Waals surface area contributed by atoms with E-state index in [2.05, 4.69) is 15.4 Å². The van der Waals surface area contributed by atoms with E-state index in [1.165, 1.54) is 47.7 Å². The van der Waals surface area contributed by atoms with Crippen molar-refractivity contribution < 1.29 is 33.1 Å². The Kier molecular flexibility index (Phi) is 8.85. The summed E-state index contributed by atoms with van der Waals surface area (Å²) in [6.45, 7) is 2.32. The molecule has 0 saturated carbocycles. The molecule has 0 bridgehead atoms. The largest absolute Gasteiger partial charge is 0.383 e. The van der Waals surface area contributed by atoms with E-state index in [9.17, 15) is 28.8 Å². The number of nitrogens with one attached hydrogen (secondary N) is 1. The lowest BCUT2D eigenvalue weighted by Crippen LogP contribution is -2.41. The zero-order valence-electron chi connectivity index (χ0n) is 23.1. The summed E-state index contributed by atoms with van der Waals surface area (Å²) in [4.78, 5) is 26.8. The highest BCUT2D eigenvalue weighted by molar-refractivity contribution is 6.04. The van der Waals surface area contributed by atoms with Crippen molar-refractivity contribution in [1.29, 1.82) is 0 Å². The number of ether oxygens (including phenoxy) is 2.